The Morgan fingerprint density at radius 1 is 0.833 bits per heavy atom. The van der Waals surface area contributed by atoms with E-state index in [0.29, 0.717) is 36.9 Å². The third kappa shape index (κ3) is 5.35. The Labute approximate surface area is 140 Å². The molecule has 24 heavy (non-hydrogen) atoms. The van der Waals surface area contributed by atoms with Crippen molar-refractivity contribution in [3.05, 3.63) is 71.3 Å². The van der Waals surface area contributed by atoms with Gasteiger partial charge in [0.2, 0.25) is 11.8 Å². The predicted molar refractivity (Wildman–Crippen MR) is 91.4 cm³/mol. The highest BCUT2D eigenvalue weighted by Gasteiger charge is 2.07. The number of carbonyl (C=O) groups is 3. The zero-order chi connectivity index (χ0) is 17.4. The summed E-state index contributed by atoms with van der Waals surface area (Å²) in [4.78, 5) is 34.7. The minimum Gasteiger partial charge on any atom is -0.366 e. The minimum atomic E-state index is -0.478. The molecule has 0 bridgehead atoms. The molecule has 0 aliphatic carbocycles. The van der Waals surface area contributed by atoms with E-state index in [-0.39, 0.29) is 11.7 Å². The summed E-state index contributed by atoms with van der Waals surface area (Å²) in [5, 5.41) is 2.79. The maximum absolute atomic E-state index is 11.9. The van der Waals surface area contributed by atoms with Crippen LogP contribution in [0, 0.1) is 0 Å². The molecule has 2 amide bonds. The molecule has 5 nitrogen and oxygen atoms in total. The lowest BCUT2D eigenvalue weighted by Crippen LogP contribution is -2.22. The molecule has 0 saturated carbocycles. The van der Waals surface area contributed by atoms with Gasteiger partial charge in [-0.3, -0.25) is 14.4 Å². The first-order valence-electron chi connectivity index (χ1n) is 7.80. The van der Waals surface area contributed by atoms with Gasteiger partial charge in [0.15, 0.2) is 5.78 Å². The second-order valence-electron chi connectivity index (χ2n) is 5.48. The first-order valence-corrected chi connectivity index (χ1v) is 7.80. The number of nitrogens with two attached hydrogens (primary N) is 1. The molecule has 2 aromatic rings. The van der Waals surface area contributed by atoms with Crippen molar-refractivity contribution in [2.45, 2.75) is 25.8 Å². The number of primary amides is 1. The number of nitrogens with one attached hydrogen (secondary N) is 1. The number of Topliss-reactive ketones (excluding diaryl/α,β-unsaturated/α-hetero) is 1. The van der Waals surface area contributed by atoms with E-state index < -0.39 is 5.91 Å². The fourth-order valence-electron chi connectivity index (χ4n) is 2.25. The molecule has 0 aromatic heterocycles. The molecule has 0 atom stereocenters. The third-order valence-corrected chi connectivity index (χ3v) is 3.63. The fraction of sp³-hybridized carbons (Fsp3) is 0.211. The minimum absolute atomic E-state index is 0.0467. The van der Waals surface area contributed by atoms with Crippen LogP contribution in [0.5, 0.6) is 0 Å². The van der Waals surface area contributed by atoms with E-state index in [9.17, 15) is 14.4 Å². The van der Waals surface area contributed by atoms with Crippen molar-refractivity contribution < 1.29 is 14.4 Å². The summed E-state index contributed by atoms with van der Waals surface area (Å²) in [6, 6.07) is 15.8. The lowest BCUT2D eigenvalue weighted by molar-refractivity contribution is -0.121. The van der Waals surface area contributed by atoms with E-state index in [4.69, 9.17) is 5.73 Å². The molecule has 0 saturated heterocycles. The van der Waals surface area contributed by atoms with E-state index in [1.165, 1.54) is 0 Å². The zero-order valence-corrected chi connectivity index (χ0v) is 13.3. The average molecular weight is 324 g/mol. The molecule has 3 N–H and O–H groups in total. The molecule has 0 fully saturated rings. The maximum Gasteiger partial charge on any atom is 0.248 e. The van der Waals surface area contributed by atoms with Crippen molar-refractivity contribution in [2.75, 3.05) is 0 Å². The lowest BCUT2D eigenvalue weighted by Gasteiger charge is -2.06. The van der Waals surface area contributed by atoms with Crippen LogP contribution in [0.2, 0.25) is 0 Å². The first kappa shape index (κ1) is 17.4. The summed E-state index contributed by atoms with van der Waals surface area (Å²) in [7, 11) is 0. The number of hydrogen-bond donors (Lipinski definition) is 2. The van der Waals surface area contributed by atoms with E-state index in [2.05, 4.69) is 5.32 Å². The molecule has 0 aliphatic rings. The fourth-order valence-corrected chi connectivity index (χ4v) is 2.25. The highest BCUT2D eigenvalue weighted by Crippen LogP contribution is 2.07. The van der Waals surface area contributed by atoms with Crippen molar-refractivity contribution in [2.24, 2.45) is 5.73 Å². The topological polar surface area (TPSA) is 89.3 Å². The van der Waals surface area contributed by atoms with Gasteiger partial charge in [0.1, 0.15) is 0 Å². The van der Waals surface area contributed by atoms with Gasteiger partial charge in [-0.2, -0.15) is 0 Å². The summed E-state index contributed by atoms with van der Waals surface area (Å²) >= 11 is 0. The van der Waals surface area contributed by atoms with Gasteiger partial charge in [-0.15, -0.1) is 0 Å². The largest absolute Gasteiger partial charge is 0.366 e. The predicted octanol–water partition coefficient (Wildman–Crippen LogP) is 2.45. The molecule has 0 aliphatic heterocycles. The van der Waals surface area contributed by atoms with Gasteiger partial charge in [0, 0.05) is 30.5 Å². The second kappa shape index (κ2) is 8.62. The molecule has 2 aromatic carbocycles. The quantitative estimate of drug-likeness (QED) is 0.731. The molecule has 5 heteroatoms. The average Bonchev–Trinajstić information content (AvgIpc) is 2.61. The van der Waals surface area contributed by atoms with Crippen molar-refractivity contribution in [3.8, 4) is 0 Å². The summed E-state index contributed by atoms with van der Waals surface area (Å²) in [5.74, 6) is -0.533. The molecule has 0 unspecified atom stereocenters. The zero-order valence-electron chi connectivity index (χ0n) is 13.3. The Balaban J connectivity index is 1.70. The SMILES string of the molecule is NC(=O)c1ccc(CNC(=O)CCCC(=O)c2ccccc2)cc1. The molecule has 0 heterocycles. The second-order valence-corrected chi connectivity index (χ2v) is 5.48. The Morgan fingerprint density at radius 3 is 2.12 bits per heavy atom. The standard InChI is InChI=1S/C19H20N2O3/c20-19(24)16-11-9-14(10-12-16)13-21-18(23)8-4-7-17(22)15-5-2-1-3-6-15/h1-3,5-6,9-12H,4,7-8,13H2,(H2,20,24)(H,21,23). The van der Waals surface area contributed by atoms with Crippen LogP contribution >= 0.6 is 0 Å². The third-order valence-electron chi connectivity index (χ3n) is 3.63. The Kier molecular flexibility index (Phi) is 6.25. The monoisotopic (exact) mass is 324 g/mol. The van der Waals surface area contributed by atoms with Crippen LogP contribution in [0.15, 0.2) is 54.6 Å². The van der Waals surface area contributed by atoms with E-state index in [1.807, 2.05) is 18.2 Å². The normalized spacial score (nSPS) is 10.2. The van der Waals surface area contributed by atoms with Crippen LogP contribution in [0.3, 0.4) is 0 Å². The van der Waals surface area contributed by atoms with Crippen LogP contribution < -0.4 is 11.1 Å². The van der Waals surface area contributed by atoms with Crippen LogP contribution in [0.1, 0.15) is 45.5 Å². The number of benzene rings is 2. The van der Waals surface area contributed by atoms with Gasteiger partial charge in [0.25, 0.3) is 0 Å². The smallest absolute Gasteiger partial charge is 0.248 e. The lowest BCUT2D eigenvalue weighted by atomic mass is 10.1. The molecule has 2 rings (SSSR count). The Hall–Kier alpha value is -2.95. The number of amides is 2. The maximum atomic E-state index is 11.9. The van der Waals surface area contributed by atoms with Gasteiger partial charge < -0.3 is 11.1 Å². The van der Waals surface area contributed by atoms with Crippen LogP contribution in [0.25, 0.3) is 0 Å². The van der Waals surface area contributed by atoms with Gasteiger partial charge in [-0.25, -0.2) is 0 Å². The van der Waals surface area contributed by atoms with E-state index in [0.717, 1.165) is 5.56 Å². The molecule has 0 radical (unpaired) electrons. The van der Waals surface area contributed by atoms with Gasteiger partial charge in [-0.05, 0) is 24.1 Å². The molecular weight excluding hydrogens is 304 g/mol. The summed E-state index contributed by atoms with van der Waals surface area (Å²) in [6.07, 6.45) is 1.17. The summed E-state index contributed by atoms with van der Waals surface area (Å²) in [6.45, 7) is 0.379. The Morgan fingerprint density at radius 2 is 1.50 bits per heavy atom. The number of ketones is 1. The summed E-state index contributed by atoms with van der Waals surface area (Å²) in [5.41, 5.74) is 7.16. The van der Waals surface area contributed by atoms with Crippen molar-refractivity contribution in [3.63, 3.8) is 0 Å². The van der Waals surface area contributed by atoms with Crippen LogP contribution in [0.4, 0.5) is 0 Å². The molecular formula is C19H20N2O3. The number of carbonyl (C=O) groups excluding carboxylic acids is 3. The van der Waals surface area contributed by atoms with Gasteiger partial charge in [0.05, 0.1) is 0 Å². The summed E-state index contributed by atoms with van der Waals surface area (Å²) < 4.78 is 0. The molecule has 0 spiro atoms. The van der Waals surface area contributed by atoms with Crippen LogP contribution in [-0.2, 0) is 11.3 Å². The highest BCUT2D eigenvalue weighted by atomic mass is 16.2. The number of rotatable bonds is 8. The number of hydrogen-bond acceptors (Lipinski definition) is 3. The van der Waals surface area contributed by atoms with E-state index >= 15 is 0 Å². The van der Waals surface area contributed by atoms with Crippen LogP contribution in [-0.4, -0.2) is 17.6 Å². The van der Waals surface area contributed by atoms with E-state index in [1.54, 1.807) is 36.4 Å². The Bertz CT molecular complexity index is 709. The molecule has 124 valence electrons. The van der Waals surface area contributed by atoms with Gasteiger partial charge >= 0.3 is 0 Å². The van der Waals surface area contributed by atoms with Gasteiger partial charge in [-0.1, -0.05) is 42.5 Å². The van der Waals surface area contributed by atoms with Crippen molar-refractivity contribution in [1.82, 2.24) is 5.32 Å². The van der Waals surface area contributed by atoms with Crippen molar-refractivity contribution in [1.29, 1.82) is 0 Å². The highest BCUT2D eigenvalue weighted by molar-refractivity contribution is 5.96. The first-order chi connectivity index (χ1) is 11.6. The van der Waals surface area contributed by atoms with Crippen molar-refractivity contribution >= 4 is 17.6 Å².